The molecule has 0 saturated heterocycles. The van der Waals surface area contributed by atoms with E-state index in [4.69, 9.17) is 0 Å². The van der Waals surface area contributed by atoms with Crippen LogP contribution in [0.4, 0.5) is 31.8 Å². The fraction of sp³-hybridized carbons (Fsp3) is 0. The van der Waals surface area contributed by atoms with Crippen molar-refractivity contribution >= 4 is 28.9 Å². The minimum atomic E-state index is -1.14. The summed E-state index contributed by atoms with van der Waals surface area (Å²) in [5.74, 6) is -3.41. The summed E-state index contributed by atoms with van der Waals surface area (Å²) in [6.07, 6.45) is 3.78. The van der Waals surface area contributed by atoms with Crippen LogP contribution in [-0.2, 0) is 0 Å². The molecule has 0 aliphatic carbocycles. The molecule has 28 heavy (non-hydrogen) atoms. The molecule has 2 aromatic heterocycles. The van der Waals surface area contributed by atoms with Crippen molar-refractivity contribution < 1.29 is 18.5 Å². The van der Waals surface area contributed by atoms with E-state index >= 15 is 0 Å². The lowest BCUT2D eigenvalue weighted by Gasteiger charge is -2.11. The Balaban J connectivity index is 1.84. The van der Waals surface area contributed by atoms with Crippen LogP contribution in [0.5, 0.6) is 0 Å². The molecule has 1 aromatic carbocycles. The first-order valence-electron chi connectivity index (χ1n) is 7.63. The molecule has 0 bridgehead atoms. The molecule has 3 aromatic rings. The maximum Gasteiger partial charge on any atom is 0.355 e. The number of carbonyl (C=O) groups excluding carboxylic acids is 1. The van der Waals surface area contributed by atoms with Crippen LogP contribution in [0.2, 0.25) is 0 Å². The standard InChI is InChI=1S/C16H11F2N7O3/c17-11-4-3-10(6-12(11)18)22-14-13(25(27)28)15(21-8-20-14)23-24-16(26)9-2-1-5-19-7-9/h1-8H,(H,24,26)(H2,20,21,22,23). The third-order valence-corrected chi connectivity index (χ3v) is 3.41. The van der Waals surface area contributed by atoms with E-state index in [1.54, 1.807) is 6.07 Å². The predicted molar refractivity (Wildman–Crippen MR) is 93.7 cm³/mol. The second-order valence-electron chi connectivity index (χ2n) is 5.25. The van der Waals surface area contributed by atoms with Crippen molar-refractivity contribution in [2.45, 2.75) is 0 Å². The molecule has 12 heteroatoms. The molecule has 3 N–H and O–H groups in total. The Kier molecular flexibility index (Phi) is 5.30. The van der Waals surface area contributed by atoms with Gasteiger partial charge in [0.1, 0.15) is 6.33 Å². The molecule has 0 aliphatic heterocycles. The number of anilines is 3. The van der Waals surface area contributed by atoms with Gasteiger partial charge in [0, 0.05) is 24.1 Å². The van der Waals surface area contributed by atoms with Crippen LogP contribution in [0.15, 0.2) is 49.1 Å². The summed E-state index contributed by atoms with van der Waals surface area (Å²) in [6.45, 7) is 0. The van der Waals surface area contributed by atoms with E-state index < -0.39 is 28.2 Å². The first-order chi connectivity index (χ1) is 13.5. The van der Waals surface area contributed by atoms with Crippen molar-refractivity contribution in [1.82, 2.24) is 20.4 Å². The van der Waals surface area contributed by atoms with Gasteiger partial charge in [0.05, 0.1) is 10.5 Å². The number of rotatable bonds is 6. The van der Waals surface area contributed by atoms with Crippen molar-refractivity contribution in [3.63, 3.8) is 0 Å². The van der Waals surface area contributed by atoms with E-state index in [0.717, 1.165) is 18.5 Å². The van der Waals surface area contributed by atoms with Gasteiger partial charge in [-0.1, -0.05) is 0 Å². The molecule has 0 fully saturated rings. The van der Waals surface area contributed by atoms with Gasteiger partial charge >= 0.3 is 5.69 Å². The van der Waals surface area contributed by atoms with Crippen LogP contribution in [0.25, 0.3) is 0 Å². The molecular weight excluding hydrogens is 376 g/mol. The number of aromatic nitrogens is 3. The van der Waals surface area contributed by atoms with Gasteiger partial charge in [0.25, 0.3) is 5.91 Å². The van der Waals surface area contributed by atoms with Crippen LogP contribution in [0, 0.1) is 21.7 Å². The van der Waals surface area contributed by atoms with Crippen LogP contribution in [-0.4, -0.2) is 25.8 Å². The fourth-order valence-corrected chi connectivity index (χ4v) is 2.13. The number of carbonyl (C=O) groups is 1. The average Bonchev–Trinajstić information content (AvgIpc) is 2.69. The molecular formula is C16H11F2N7O3. The zero-order valence-electron chi connectivity index (χ0n) is 13.9. The molecule has 0 saturated carbocycles. The summed E-state index contributed by atoms with van der Waals surface area (Å²) in [4.78, 5) is 34.0. The molecule has 10 nitrogen and oxygen atoms in total. The Morgan fingerprint density at radius 3 is 2.57 bits per heavy atom. The Labute approximate surface area is 155 Å². The zero-order chi connectivity index (χ0) is 20.1. The number of nitro groups is 1. The highest BCUT2D eigenvalue weighted by Crippen LogP contribution is 2.31. The third-order valence-electron chi connectivity index (χ3n) is 3.41. The van der Waals surface area contributed by atoms with Gasteiger partial charge in [-0.15, -0.1) is 0 Å². The quantitative estimate of drug-likeness (QED) is 0.434. The van der Waals surface area contributed by atoms with E-state index in [-0.39, 0.29) is 22.9 Å². The number of amides is 1. The van der Waals surface area contributed by atoms with E-state index in [0.29, 0.717) is 0 Å². The topological polar surface area (TPSA) is 135 Å². The molecule has 0 spiro atoms. The maximum atomic E-state index is 13.3. The molecule has 0 aliphatic rings. The first kappa shape index (κ1) is 18.6. The number of nitrogens with zero attached hydrogens (tertiary/aromatic N) is 4. The van der Waals surface area contributed by atoms with Gasteiger partial charge in [-0.05, 0) is 24.3 Å². The van der Waals surface area contributed by atoms with Crippen molar-refractivity contribution in [1.29, 1.82) is 0 Å². The number of hydrazine groups is 1. The highest BCUT2D eigenvalue weighted by molar-refractivity contribution is 5.94. The number of benzene rings is 1. The largest absolute Gasteiger partial charge is 0.355 e. The maximum absolute atomic E-state index is 13.3. The molecule has 1 amide bonds. The predicted octanol–water partition coefficient (Wildman–Crippen LogP) is 2.56. The average molecular weight is 387 g/mol. The highest BCUT2D eigenvalue weighted by atomic mass is 19.2. The van der Waals surface area contributed by atoms with E-state index in [1.807, 2.05) is 0 Å². The Bertz CT molecular complexity index is 1030. The van der Waals surface area contributed by atoms with E-state index in [1.165, 1.54) is 24.5 Å². The van der Waals surface area contributed by atoms with Crippen LogP contribution in [0.3, 0.4) is 0 Å². The van der Waals surface area contributed by atoms with E-state index in [2.05, 4.69) is 31.1 Å². The number of hydrogen-bond acceptors (Lipinski definition) is 8. The highest BCUT2D eigenvalue weighted by Gasteiger charge is 2.24. The van der Waals surface area contributed by atoms with Crippen LogP contribution >= 0.6 is 0 Å². The minimum Gasteiger partial charge on any atom is -0.334 e. The van der Waals surface area contributed by atoms with E-state index in [9.17, 15) is 23.7 Å². The molecule has 3 rings (SSSR count). The second-order valence-corrected chi connectivity index (χ2v) is 5.25. The first-order valence-corrected chi connectivity index (χ1v) is 7.63. The number of halogens is 2. The lowest BCUT2D eigenvalue weighted by molar-refractivity contribution is -0.383. The summed E-state index contributed by atoms with van der Waals surface area (Å²) in [6, 6.07) is 5.90. The summed E-state index contributed by atoms with van der Waals surface area (Å²) in [7, 11) is 0. The number of pyridine rings is 1. The lowest BCUT2D eigenvalue weighted by Crippen LogP contribution is -2.30. The summed E-state index contributed by atoms with van der Waals surface area (Å²) in [5, 5.41) is 14.0. The van der Waals surface area contributed by atoms with Crippen molar-refractivity contribution in [3.05, 3.63) is 76.4 Å². The van der Waals surface area contributed by atoms with Crippen molar-refractivity contribution in [2.24, 2.45) is 0 Å². The SMILES string of the molecule is O=C(NNc1ncnc(Nc2ccc(F)c(F)c2)c1[N+](=O)[O-])c1cccnc1. The Morgan fingerprint density at radius 1 is 1.11 bits per heavy atom. The van der Waals surface area contributed by atoms with Gasteiger partial charge in [0.2, 0.25) is 11.6 Å². The van der Waals surface area contributed by atoms with Crippen LogP contribution < -0.4 is 16.2 Å². The normalized spacial score (nSPS) is 10.2. The van der Waals surface area contributed by atoms with Gasteiger partial charge in [-0.25, -0.2) is 18.7 Å². The summed E-state index contributed by atoms with van der Waals surface area (Å²) in [5.41, 5.74) is 4.24. The lowest BCUT2D eigenvalue weighted by atomic mass is 10.3. The van der Waals surface area contributed by atoms with Gasteiger partial charge in [0.15, 0.2) is 11.6 Å². The fourth-order valence-electron chi connectivity index (χ4n) is 2.13. The monoisotopic (exact) mass is 387 g/mol. The summed E-state index contributed by atoms with van der Waals surface area (Å²) < 4.78 is 26.4. The summed E-state index contributed by atoms with van der Waals surface area (Å²) >= 11 is 0. The molecule has 2 heterocycles. The van der Waals surface area contributed by atoms with Gasteiger partial charge in [-0.3, -0.25) is 30.7 Å². The Morgan fingerprint density at radius 2 is 1.89 bits per heavy atom. The number of hydrogen-bond donors (Lipinski definition) is 3. The van der Waals surface area contributed by atoms with Crippen molar-refractivity contribution in [2.75, 3.05) is 10.7 Å². The van der Waals surface area contributed by atoms with Gasteiger partial charge < -0.3 is 5.32 Å². The number of nitrogens with one attached hydrogen (secondary N) is 3. The smallest absolute Gasteiger partial charge is 0.334 e. The minimum absolute atomic E-state index is 0.0334. The second kappa shape index (κ2) is 7.99. The molecule has 142 valence electrons. The zero-order valence-corrected chi connectivity index (χ0v) is 13.9. The molecule has 0 unspecified atom stereocenters. The molecule has 0 radical (unpaired) electrons. The Hall–Kier alpha value is -4.22. The van der Waals surface area contributed by atoms with Crippen LogP contribution in [0.1, 0.15) is 10.4 Å². The third kappa shape index (κ3) is 4.12. The van der Waals surface area contributed by atoms with Gasteiger partial charge in [-0.2, -0.15) is 0 Å². The van der Waals surface area contributed by atoms with Crippen molar-refractivity contribution in [3.8, 4) is 0 Å². The molecule has 0 atom stereocenters.